The molecular weight excluding hydrogens is 267 g/mol. The molecular formula is C14H12ClFN2O. The monoisotopic (exact) mass is 278 g/mol. The first-order valence-corrected chi connectivity index (χ1v) is 6.09. The highest BCUT2D eigenvalue weighted by molar-refractivity contribution is 6.33. The van der Waals surface area contributed by atoms with Crippen LogP contribution in [0.1, 0.15) is 21.6 Å². The minimum Gasteiger partial charge on any atom is -0.348 e. The standard InChI is InChI=1S/C14H12ClFN2O/c1-9-6-13(15)12(8-17-9)14(19)18-7-10-2-4-11(16)5-3-10/h2-6,8H,7H2,1H3,(H,18,19). The predicted molar refractivity (Wildman–Crippen MR) is 71.6 cm³/mol. The van der Waals surface area contributed by atoms with E-state index in [4.69, 9.17) is 11.6 Å². The number of carbonyl (C=O) groups is 1. The van der Waals surface area contributed by atoms with Crippen molar-refractivity contribution in [1.82, 2.24) is 10.3 Å². The van der Waals surface area contributed by atoms with Crippen LogP contribution in [0.2, 0.25) is 5.02 Å². The van der Waals surface area contributed by atoms with Gasteiger partial charge >= 0.3 is 0 Å². The molecule has 19 heavy (non-hydrogen) atoms. The van der Waals surface area contributed by atoms with E-state index in [0.717, 1.165) is 11.3 Å². The van der Waals surface area contributed by atoms with Crippen LogP contribution in [-0.2, 0) is 6.54 Å². The lowest BCUT2D eigenvalue weighted by Crippen LogP contribution is -2.23. The van der Waals surface area contributed by atoms with Crippen LogP contribution in [0, 0.1) is 12.7 Å². The number of hydrogen-bond acceptors (Lipinski definition) is 2. The molecule has 1 heterocycles. The van der Waals surface area contributed by atoms with Gasteiger partial charge in [0, 0.05) is 18.4 Å². The molecule has 0 aliphatic rings. The summed E-state index contributed by atoms with van der Waals surface area (Å²) in [6.07, 6.45) is 1.44. The third-order valence-corrected chi connectivity index (χ3v) is 2.91. The van der Waals surface area contributed by atoms with Crippen LogP contribution < -0.4 is 5.32 Å². The van der Waals surface area contributed by atoms with Gasteiger partial charge in [0.15, 0.2) is 0 Å². The Bertz CT molecular complexity index is 599. The summed E-state index contributed by atoms with van der Waals surface area (Å²) in [7, 11) is 0. The van der Waals surface area contributed by atoms with E-state index in [-0.39, 0.29) is 11.7 Å². The number of aryl methyl sites for hydroxylation is 1. The van der Waals surface area contributed by atoms with Crippen molar-refractivity contribution in [3.05, 3.63) is 64.2 Å². The first-order chi connectivity index (χ1) is 9.06. The lowest BCUT2D eigenvalue weighted by atomic mass is 10.2. The molecule has 0 bridgehead atoms. The zero-order chi connectivity index (χ0) is 13.8. The Kier molecular flexibility index (Phi) is 4.12. The molecule has 0 atom stereocenters. The summed E-state index contributed by atoms with van der Waals surface area (Å²) >= 11 is 5.98. The van der Waals surface area contributed by atoms with Gasteiger partial charge in [-0.2, -0.15) is 0 Å². The van der Waals surface area contributed by atoms with Crippen LogP contribution in [0.15, 0.2) is 36.5 Å². The smallest absolute Gasteiger partial charge is 0.254 e. The maximum atomic E-state index is 12.7. The van der Waals surface area contributed by atoms with Crippen molar-refractivity contribution in [2.24, 2.45) is 0 Å². The van der Waals surface area contributed by atoms with Crippen molar-refractivity contribution in [2.45, 2.75) is 13.5 Å². The highest BCUT2D eigenvalue weighted by Crippen LogP contribution is 2.15. The van der Waals surface area contributed by atoms with E-state index in [1.165, 1.54) is 18.3 Å². The maximum absolute atomic E-state index is 12.7. The number of hydrogen-bond donors (Lipinski definition) is 1. The van der Waals surface area contributed by atoms with Gasteiger partial charge in [-0.1, -0.05) is 23.7 Å². The zero-order valence-electron chi connectivity index (χ0n) is 10.3. The van der Waals surface area contributed by atoms with Crippen molar-refractivity contribution < 1.29 is 9.18 Å². The Morgan fingerprint density at radius 2 is 2.05 bits per heavy atom. The molecule has 3 nitrogen and oxygen atoms in total. The molecule has 0 fully saturated rings. The Morgan fingerprint density at radius 3 is 2.68 bits per heavy atom. The largest absolute Gasteiger partial charge is 0.348 e. The van der Waals surface area contributed by atoms with Crippen LogP contribution in [0.4, 0.5) is 4.39 Å². The molecule has 0 aliphatic carbocycles. The number of benzene rings is 1. The molecule has 1 amide bonds. The molecule has 0 aliphatic heterocycles. The van der Waals surface area contributed by atoms with Gasteiger partial charge in [-0.05, 0) is 30.7 Å². The fraction of sp³-hybridized carbons (Fsp3) is 0.143. The lowest BCUT2D eigenvalue weighted by Gasteiger charge is -2.07. The fourth-order valence-electron chi connectivity index (χ4n) is 1.57. The number of rotatable bonds is 3. The second kappa shape index (κ2) is 5.80. The Hall–Kier alpha value is -1.94. The highest BCUT2D eigenvalue weighted by Gasteiger charge is 2.10. The molecule has 98 valence electrons. The van der Waals surface area contributed by atoms with Gasteiger partial charge in [-0.25, -0.2) is 4.39 Å². The lowest BCUT2D eigenvalue weighted by molar-refractivity contribution is 0.0950. The van der Waals surface area contributed by atoms with Crippen LogP contribution in [0.3, 0.4) is 0 Å². The third kappa shape index (κ3) is 3.51. The molecule has 1 N–H and O–H groups in total. The first-order valence-electron chi connectivity index (χ1n) is 5.71. The van der Waals surface area contributed by atoms with Crippen LogP contribution in [-0.4, -0.2) is 10.9 Å². The first kappa shape index (κ1) is 13.5. The van der Waals surface area contributed by atoms with Gasteiger partial charge in [-0.3, -0.25) is 9.78 Å². The van der Waals surface area contributed by atoms with Crippen LogP contribution >= 0.6 is 11.6 Å². The normalized spacial score (nSPS) is 10.3. The summed E-state index contributed by atoms with van der Waals surface area (Å²) in [6.45, 7) is 2.11. The number of aromatic nitrogens is 1. The molecule has 1 aromatic heterocycles. The number of nitrogens with zero attached hydrogens (tertiary/aromatic N) is 1. The molecule has 2 aromatic rings. The van der Waals surface area contributed by atoms with E-state index in [0.29, 0.717) is 17.1 Å². The van der Waals surface area contributed by atoms with Crippen molar-refractivity contribution in [3.8, 4) is 0 Å². The summed E-state index contributed by atoms with van der Waals surface area (Å²) in [5.41, 5.74) is 1.89. The molecule has 0 saturated heterocycles. The number of halogens is 2. The van der Waals surface area contributed by atoms with Gasteiger partial charge in [0.05, 0.1) is 10.6 Å². The zero-order valence-corrected chi connectivity index (χ0v) is 11.0. The van der Waals surface area contributed by atoms with Crippen molar-refractivity contribution in [1.29, 1.82) is 0 Å². The number of amides is 1. The molecule has 2 rings (SSSR count). The average Bonchev–Trinajstić information content (AvgIpc) is 2.37. The summed E-state index contributed by atoms with van der Waals surface area (Å²) < 4.78 is 12.7. The fourth-order valence-corrected chi connectivity index (χ4v) is 1.87. The third-order valence-electron chi connectivity index (χ3n) is 2.60. The Morgan fingerprint density at radius 1 is 1.37 bits per heavy atom. The van der Waals surface area contributed by atoms with Crippen molar-refractivity contribution in [3.63, 3.8) is 0 Å². The SMILES string of the molecule is Cc1cc(Cl)c(C(=O)NCc2ccc(F)cc2)cn1. The van der Waals surface area contributed by atoms with E-state index in [1.807, 2.05) is 0 Å². The number of carbonyl (C=O) groups excluding carboxylic acids is 1. The second-order valence-electron chi connectivity index (χ2n) is 4.11. The highest BCUT2D eigenvalue weighted by atomic mass is 35.5. The van der Waals surface area contributed by atoms with Gasteiger partial charge in [0.2, 0.25) is 0 Å². The van der Waals surface area contributed by atoms with E-state index >= 15 is 0 Å². The molecule has 0 unspecified atom stereocenters. The maximum Gasteiger partial charge on any atom is 0.254 e. The van der Waals surface area contributed by atoms with Crippen molar-refractivity contribution >= 4 is 17.5 Å². The van der Waals surface area contributed by atoms with Crippen LogP contribution in [0.5, 0.6) is 0 Å². The second-order valence-corrected chi connectivity index (χ2v) is 4.52. The molecule has 5 heteroatoms. The molecule has 0 saturated carbocycles. The summed E-state index contributed by atoms with van der Waals surface area (Å²) in [6, 6.07) is 7.56. The number of pyridine rings is 1. The summed E-state index contributed by atoms with van der Waals surface area (Å²) in [5.74, 6) is -0.609. The van der Waals surface area contributed by atoms with Gasteiger partial charge < -0.3 is 5.32 Å². The molecule has 1 aromatic carbocycles. The van der Waals surface area contributed by atoms with Gasteiger partial charge in [-0.15, -0.1) is 0 Å². The Labute approximate surface area is 115 Å². The quantitative estimate of drug-likeness (QED) is 0.937. The van der Waals surface area contributed by atoms with E-state index in [1.54, 1.807) is 25.1 Å². The molecule has 0 radical (unpaired) electrons. The van der Waals surface area contributed by atoms with Crippen LogP contribution in [0.25, 0.3) is 0 Å². The van der Waals surface area contributed by atoms with E-state index < -0.39 is 0 Å². The van der Waals surface area contributed by atoms with Gasteiger partial charge in [0.25, 0.3) is 5.91 Å². The van der Waals surface area contributed by atoms with E-state index in [9.17, 15) is 9.18 Å². The minimum atomic E-state index is -0.305. The summed E-state index contributed by atoms with van der Waals surface area (Å²) in [5, 5.41) is 3.07. The minimum absolute atomic E-state index is 0.304. The van der Waals surface area contributed by atoms with Gasteiger partial charge in [0.1, 0.15) is 5.82 Å². The van der Waals surface area contributed by atoms with Crippen molar-refractivity contribution in [2.75, 3.05) is 0 Å². The topological polar surface area (TPSA) is 42.0 Å². The summed E-state index contributed by atoms with van der Waals surface area (Å²) in [4.78, 5) is 15.9. The van der Waals surface area contributed by atoms with E-state index in [2.05, 4.69) is 10.3 Å². The number of nitrogens with one attached hydrogen (secondary N) is 1. The Balaban J connectivity index is 2.03. The average molecular weight is 279 g/mol. The predicted octanol–water partition coefficient (Wildman–Crippen LogP) is 3.11. The molecule has 0 spiro atoms.